The highest BCUT2D eigenvalue weighted by atomic mass is 15.3. The molecule has 2 atom stereocenters. The maximum atomic E-state index is 6.46. The Hall–Kier alpha value is -0.900. The zero-order valence-electron chi connectivity index (χ0n) is 12.8. The number of nitrogens with zero attached hydrogens (tertiary/aromatic N) is 3. The molecule has 2 unspecified atom stereocenters. The maximum absolute atomic E-state index is 6.46. The van der Waals surface area contributed by atoms with Crippen molar-refractivity contribution in [2.75, 3.05) is 0 Å². The first-order valence-corrected chi connectivity index (χ1v) is 7.52. The van der Waals surface area contributed by atoms with Crippen LogP contribution in [0.2, 0.25) is 0 Å². The van der Waals surface area contributed by atoms with Gasteiger partial charge in [0.1, 0.15) is 12.2 Å². The summed E-state index contributed by atoms with van der Waals surface area (Å²) in [4.78, 5) is 4.40. The summed E-state index contributed by atoms with van der Waals surface area (Å²) in [7, 11) is 0. The molecular weight excluding hydrogens is 236 g/mol. The molecule has 1 saturated carbocycles. The Labute approximate surface area is 116 Å². The minimum Gasteiger partial charge on any atom is -0.327 e. The van der Waals surface area contributed by atoms with Gasteiger partial charge in [0.2, 0.25) is 0 Å². The minimum absolute atomic E-state index is 0.201. The van der Waals surface area contributed by atoms with Gasteiger partial charge in [0.05, 0.1) is 0 Å². The molecule has 0 saturated heterocycles. The maximum Gasteiger partial charge on any atom is 0.138 e. The summed E-state index contributed by atoms with van der Waals surface area (Å²) in [5, 5.41) is 4.32. The van der Waals surface area contributed by atoms with Gasteiger partial charge >= 0.3 is 0 Å². The number of rotatable bonds is 5. The smallest absolute Gasteiger partial charge is 0.138 e. The molecule has 1 aliphatic rings. The van der Waals surface area contributed by atoms with E-state index in [4.69, 9.17) is 5.73 Å². The standard InChI is InChI=1S/C15H28N4/c1-11(2)9-19-14(17-10-18-19)8-13(16)12-6-5-7-15(12,3)4/h10-13H,5-9,16H2,1-4H3. The van der Waals surface area contributed by atoms with Crippen LogP contribution < -0.4 is 5.73 Å². The number of nitrogens with two attached hydrogens (primary N) is 1. The van der Waals surface area contributed by atoms with Crippen LogP contribution in [0.3, 0.4) is 0 Å². The predicted molar refractivity (Wildman–Crippen MR) is 77.7 cm³/mol. The van der Waals surface area contributed by atoms with Crippen LogP contribution in [0.1, 0.15) is 52.8 Å². The summed E-state index contributed by atoms with van der Waals surface area (Å²) in [6, 6.07) is 0.201. The Kier molecular flexibility index (Phi) is 4.29. The average molecular weight is 264 g/mol. The lowest BCUT2D eigenvalue weighted by molar-refractivity contribution is 0.217. The average Bonchev–Trinajstić information content (AvgIpc) is 2.84. The van der Waals surface area contributed by atoms with Crippen LogP contribution in [0.25, 0.3) is 0 Å². The van der Waals surface area contributed by atoms with Crippen molar-refractivity contribution in [2.24, 2.45) is 23.0 Å². The van der Waals surface area contributed by atoms with Crippen LogP contribution in [-0.4, -0.2) is 20.8 Å². The summed E-state index contributed by atoms with van der Waals surface area (Å²) in [6.07, 6.45) is 6.37. The van der Waals surface area contributed by atoms with Crippen LogP contribution in [-0.2, 0) is 13.0 Å². The van der Waals surface area contributed by atoms with E-state index in [0.717, 1.165) is 18.8 Å². The van der Waals surface area contributed by atoms with Crippen molar-refractivity contribution in [3.8, 4) is 0 Å². The SMILES string of the molecule is CC(C)Cn1ncnc1CC(N)C1CCCC1(C)C. The molecule has 1 heterocycles. The van der Waals surface area contributed by atoms with E-state index in [9.17, 15) is 0 Å². The Morgan fingerprint density at radius 1 is 1.47 bits per heavy atom. The molecule has 108 valence electrons. The molecule has 4 nitrogen and oxygen atoms in total. The third-order valence-electron chi connectivity index (χ3n) is 4.51. The molecule has 0 amide bonds. The van der Waals surface area contributed by atoms with Crippen molar-refractivity contribution in [1.82, 2.24) is 14.8 Å². The first-order chi connectivity index (χ1) is 8.90. The number of hydrogen-bond donors (Lipinski definition) is 1. The predicted octanol–water partition coefficient (Wildman–Crippen LogP) is 2.63. The first-order valence-electron chi connectivity index (χ1n) is 7.52. The van der Waals surface area contributed by atoms with Gasteiger partial charge in [0.25, 0.3) is 0 Å². The molecule has 0 radical (unpaired) electrons. The van der Waals surface area contributed by atoms with Gasteiger partial charge in [-0.25, -0.2) is 9.67 Å². The van der Waals surface area contributed by atoms with Crippen molar-refractivity contribution in [2.45, 2.75) is 66.0 Å². The van der Waals surface area contributed by atoms with Crippen LogP contribution in [0.15, 0.2) is 6.33 Å². The molecule has 0 bridgehead atoms. The van der Waals surface area contributed by atoms with Gasteiger partial charge in [-0.3, -0.25) is 0 Å². The number of aromatic nitrogens is 3. The molecule has 2 N–H and O–H groups in total. The second-order valence-corrected chi connectivity index (χ2v) is 7.11. The van der Waals surface area contributed by atoms with Gasteiger partial charge in [0.15, 0.2) is 0 Å². The van der Waals surface area contributed by atoms with E-state index in [-0.39, 0.29) is 6.04 Å². The van der Waals surface area contributed by atoms with E-state index in [0.29, 0.717) is 17.3 Å². The Bertz CT molecular complexity index is 408. The van der Waals surface area contributed by atoms with Crippen molar-refractivity contribution < 1.29 is 0 Å². The molecule has 1 aromatic heterocycles. The molecule has 0 aromatic carbocycles. The molecule has 0 spiro atoms. The second-order valence-electron chi connectivity index (χ2n) is 7.11. The molecule has 19 heavy (non-hydrogen) atoms. The van der Waals surface area contributed by atoms with Gasteiger partial charge in [0, 0.05) is 19.0 Å². The molecule has 0 aliphatic heterocycles. The summed E-state index contributed by atoms with van der Waals surface area (Å²) in [5.41, 5.74) is 6.84. The van der Waals surface area contributed by atoms with Crippen molar-refractivity contribution in [3.05, 3.63) is 12.2 Å². The Morgan fingerprint density at radius 2 is 2.21 bits per heavy atom. The van der Waals surface area contributed by atoms with E-state index < -0.39 is 0 Å². The minimum atomic E-state index is 0.201. The highest BCUT2D eigenvalue weighted by Gasteiger charge is 2.38. The van der Waals surface area contributed by atoms with Gasteiger partial charge < -0.3 is 5.73 Å². The Morgan fingerprint density at radius 3 is 2.79 bits per heavy atom. The molecule has 1 aromatic rings. The molecule has 2 rings (SSSR count). The van der Waals surface area contributed by atoms with Crippen LogP contribution in [0.4, 0.5) is 0 Å². The third-order valence-corrected chi connectivity index (χ3v) is 4.51. The van der Waals surface area contributed by atoms with Gasteiger partial charge in [-0.2, -0.15) is 5.10 Å². The topological polar surface area (TPSA) is 56.7 Å². The fourth-order valence-electron chi connectivity index (χ4n) is 3.44. The van der Waals surface area contributed by atoms with E-state index in [2.05, 4.69) is 37.8 Å². The summed E-state index contributed by atoms with van der Waals surface area (Å²) >= 11 is 0. The lowest BCUT2D eigenvalue weighted by Gasteiger charge is -2.31. The zero-order valence-corrected chi connectivity index (χ0v) is 12.8. The first kappa shape index (κ1) is 14.5. The molecule has 1 aliphatic carbocycles. The van der Waals surface area contributed by atoms with Gasteiger partial charge in [-0.1, -0.05) is 34.1 Å². The highest BCUT2D eigenvalue weighted by Crippen LogP contribution is 2.44. The fraction of sp³-hybridized carbons (Fsp3) is 0.867. The largest absolute Gasteiger partial charge is 0.327 e. The van der Waals surface area contributed by atoms with Gasteiger partial charge in [-0.15, -0.1) is 0 Å². The second kappa shape index (κ2) is 5.61. The number of hydrogen-bond acceptors (Lipinski definition) is 3. The van der Waals surface area contributed by atoms with Crippen molar-refractivity contribution in [3.63, 3.8) is 0 Å². The Balaban J connectivity index is 2.03. The summed E-state index contributed by atoms with van der Waals surface area (Å²) in [5.74, 6) is 2.24. The third kappa shape index (κ3) is 3.35. The zero-order chi connectivity index (χ0) is 14.0. The fourth-order valence-corrected chi connectivity index (χ4v) is 3.44. The van der Waals surface area contributed by atoms with Crippen molar-refractivity contribution in [1.29, 1.82) is 0 Å². The molecule has 1 fully saturated rings. The van der Waals surface area contributed by atoms with E-state index in [1.807, 2.05) is 4.68 Å². The van der Waals surface area contributed by atoms with Crippen LogP contribution in [0, 0.1) is 17.3 Å². The highest BCUT2D eigenvalue weighted by molar-refractivity contribution is 4.97. The quantitative estimate of drug-likeness (QED) is 0.889. The lowest BCUT2D eigenvalue weighted by atomic mass is 9.77. The van der Waals surface area contributed by atoms with E-state index in [1.165, 1.54) is 19.3 Å². The van der Waals surface area contributed by atoms with Crippen LogP contribution >= 0.6 is 0 Å². The molecule has 4 heteroatoms. The summed E-state index contributed by atoms with van der Waals surface area (Å²) < 4.78 is 2.02. The van der Waals surface area contributed by atoms with E-state index in [1.54, 1.807) is 6.33 Å². The van der Waals surface area contributed by atoms with E-state index >= 15 is 0 Å². The van der Waals surface area contributed by atoms with Gasteiger partial charge in [-0.05, 0) is 30.1 Å². The molecular formula is C15H28N4. The van der Waals surface area contributed by atoms with Crippen molar-refractivity contribution >= 4 is 0 Å². The summed E-state index contributed by atoms with van der Waals surface area (Å²) in [6.45, 7) is 10.0. The normalized spacial score (nSPS) is 24.0. The lowest BCUT2D eigenvalue weighted by Crippen LogP contribution is -2.38. The monoisotopic (exact) mass is 264 g/mol. The van der Waals surface area contributed by atoms with Crippen LogP contribution in [0.5, 0.6) is 0 Å².